The number of aromatic nitrogens is 3. The fourth-order valence-corrected chi connectivity index (χ4v) is 3.67. The number of imidazole rings is 1. The smallest absolute Gasteiger partial charge is 0.390 e. The van der Waals surface area contributed by atoms with Crippen molar-refractivity contribution in [2.75, 3.05) is 11.9 Å². The van der Waals surface area contributed by atoms with E-state index >= 15 is 0 Å². The molecule has 1 aromatic carbocycles. The van der Waals surface area contributed by atoms with E-state index in [2.05, 4.69) is 15.3 Å². The summed E-state index contributed by atoms with van der Waals surface area (Å²) >= 11 is 0. The van der Waals surface area contributed by atoms with Crippen molar-refractivity contribution in [1.29, 1.82) is 0 Å². The lowest BCUT2D eigenvalue weighted by atomic mass is 9.93. The molecule has 3 aromatic heterocycles. The second-order valence-corrected chi connectivity index (χ2v) is 7.31. The van der Waals surface area contributed by atoms with Crippen LogP contribution in [-0.4, -0.2) is 38.2 Å². The Bertz CT molecular complexity index is 1280. The Kier molecular flexibility index (Phi) is 5.56. The Hall–Kier alpha value is -3.88. The van der Waals surface area contributed by atoms with Gasteiger partial charge in [-0.05, 0) is 41.8 Å². The van der Waals surface area contributed by atoms with Gasteiger partial charge < -0.3 is 14.8 Å². The second-order valence-electron chi connectivity index (χ2n) is 7.31. The van der Waals surface area contributed by atoms with Gasteiger partial charge in [-0.2, -0.15) is 13.2 Å². The number of aromatic carboxylic acids is 1. The lowest BCUT2D eigenvalue weighted by Gasteiger charge is -2.19. The molecular weight excluding hydrogens is 421 g/mol. The minimum Gasteiger partial charge on any atom is -0.478 e. The number of rotatable bonds is 6. The number of aryl methyl sites for hydroxylation is 1. The van der Waals surface area contributed by atoms with Crippen molar-refractivity contribution in [2.45, 2.75) is 19.5 Å². The Morgan fingerprint density at radius 1 is 1.12 bits per heavy atom. The summed E-state index contributed by atoms with van der Waals surface area (Å²) in [6, 6.07) is 8.49. The number of carboxylic acids is 1. The zero-order valence-corrected chi connectivity index (χ0v) is 17.0. The fourth-order valence-electron chi connectivity index (χ4n) is 3.67. The van der Waals surface area contributed by atoms with Crippen molar-refractivity contribution in [3.8, 4) is 22.3 Å². The Balaban J connectivity index is 1.96. The number of benzene rings is 1. The van der Waals surface area contributed by atoms with E-state index in [0.717, 1.165) is 11.1 Å². The zero-order chi connectivity index (χ0) is 22.9. The molecular formula is C23H19F3N4O2. The lowest BCUT2D eigenvalue weighted by Crippen LogP contribution is -2.15. The van der Waals surface area contributed by atoms with Gasteiger partial charge >= 0.3 is 12.1 Å². The molecule has 0 atom stereocenters. The molecule has 164 valence electrons. The van der Waals surface area contributed by atoms with Crippen LogP contribution in [0, 0.1) is 6.92 Å². The van der Waals surface area contributed by atoms with Crippen LogP contribution in [0.1, 0.15) is 22.3 Å². The quantitative estimate of drug-likeness (QED) is 0.418. The maximum absolute atomic E-state index is 12.8. The van der Waals surface area contributed by atoms with E-state index in [1.54, 1.807) is 60.4 Å². The molecule has 3 heterocycles. The molecule has 0 aliphatic carbocycles. The molecule has 0 saturated carbocycles. The molecule has 4 rings (SSSR count). The van der Waals surface area contributed by atoms with Crippen molar-refractivity contribution < 1.29 is 23.1 Å². The normalized spacial score (nSPS) is 11.6. The third kappa shape index (κ3) is 4.27. The van der Waals surface area contributed by atoms with Gasteiger partial charge in [-0.1, -0.05) is 12.1 Å². The standard InChI is InChI=1S/C23H19F3N4O2/c1-14-12-16(2-3-17(14)22(31)32)19-18(15-4-7-27-8-5-15)13-30-11-10-29-21(30)20(19)28-9-6-23(24,25)26/h2-5,7-8,10-13,28H,6,9H2,1H3,(H,31,32). The molecule has 0 saturated heterocycles. The predicted molar refractivity (Wildman–Crippen MR) is 115 cm³/mol. The van der Waals surface area contributed by atoms with Crippen molar-refractivity contribution in [3.05, 3.63) is 72.4 Å². The first-order chi connectivity index (χ1) is 15.2. The minimum absolute atomic E-state index is 0.160. The summed E-state index contributed by atoms with van der Waals surface area (Å²) in [6.07, 6.45) is 3.10. The Labute approximate surface area is 181 Å². The van der Waals surface area contributed by atoms with Crippen molar-refractivity contribution >= 4 is 17.3 Å². The third-order valence-corrected chi connectivity index (χ3v) is 5.13. The molecule has 2 N–H and O–H groups in total. The highest BCUT2D eigenvalue weighted by Crippen LogP contribution is 2.40. The van der Waals surface area contributed by atoms with Crippen LogP contribution in [0.3, 0.4) is 0 Å². The predicted octanol–water partition coefficient (Wildman–Crippen LogP) is 5.43. The van der Waals surface area contributed by atoms with E-state index in [9.17, 15) is 23.1 Å². The number of hydrogen-bond acceptors (Lipinski definition) is 4. The minimum atomic E-state index is -4.30. The summed E-state index contributed by atoms with van der Waals surface area (Å²) in [4.78, 5) is 19.8. The highest BCUT2D eigenvalue weighted by molar-refractivity contribution is 5.98. The van der Waals surface area contributed by atoms with Crippen molar-refractivity contribution in [2.24, 2.45) is 0 Å². The van der Waals surface area contributed by atoms with E-state index in [4.69, 9.17) is 0 Å². The molecule has 4 aromatic rings. The molecule has 0 bridgehead atoms. The summed E-state index contributed by atoms with van der Waals surface area (Å²) in [5, 5.41) is 12.3. The SMILES string of the molecule is Cc1cc(-c2c(-c3ccncc3)cn3ccnc3c2NCCC(F)(F)F)ccc1C(=O)O. The molecule has 32 heavy (non-hydrogen) atoms. The number of nitrogens with one attached hydrogen (secondary N) is 1. The van der Waals surface area contributed by atoms with Crippen LogP contribution in [0.4, 0.5) is 18.9 Å². The summed E-state index contributed by atoms with van der Waals surface area (Å²) in [5.74, 6) is -1.05. The second kappa shape index (κ2) is 8.33. The van der Waals surface area contributed by atoms with Crippen molar-refractivity contribution in [1.82, 2.24) is 14.4 Å². The van der Waals surface area contributed by atoms with Gasteiger partial charge in [-0.3, -0.25) is 4.98 Å². The number of nitrogens with zero attached hydrogens (tertiary/aromatic N) is 3. The number of carboxylic acid groups (broad SMARTS) is 1. The van der Waals surface area contributed by atoms with Gasteiger partial charge in [0.1, 0.15) is 0 Å². The number of pyridine rings is 2. The summed E-state index contributed by atoms with van der Waals surface area (Å²) < 4.78 is 40.2. The average molecular weight is 440 g/mol. The van der Waals surface area contributed by atoms with E-state index < -0.39 is 18.6 Å². The highest BCUT2D eigenvalue weighted by atomic mass is 19.4. The van der Waals surface area contributed by atoms with Gasteiger partial charge in [-0.15, -0.1) is 0 Å². The van der Waals surface area contributed by atoms with Crippen LogP contribution >= 0.6 is 0 Å². The summed E-state index contributed by atoms with van der Waals surface area (Å²) in [6.45, 7) is 1.36. The van der Waals surface area contributed by atoms with Gasteiger partial charge in [0.15, 0.2) is 5.65 Å². The molecule has 0 aliphatic rings. The number of carbonyl (C=O) groups is 1. The molecule has 0 unspecified atom stereocenters. The van der Waals surface area contributed by atoms with Gasteiger partial charge in [0.2, 0.25) is 0 Å². The van der Waals surface area contributed by atoms with Gasteiger partial charge in [0.05, 0.1) is 17.7 Å². The molecule has 9 heteroatoms. The van der Waals surface area contributed by atoms with Gasteiger partial charge in [0, 0.05) is 48.7 Å². The first kappa shape index (κ1) is 21.4. The molecule has 0 radical (unpaired) electrons. The van der Waals surface area contributed by atoms with E-state index in [1.807, 2.05) is 6.20 Å². The molecule has 0 amide bonds. The third-order valence-electron chi connectivity index (χ3n) is 5.13. The van der Waals surface area contributed by atoms with Crippen LogP contribution in [0.2, 0.25) is 0 Å². The number of alkyl halides is 3. The zero-order valence-electron chi connectivity index (χ0n) is 17.0. The van der Waals surface area contributed by atoms with Gasteiger partial charge in [-0.25, -0.2) is 9.78 Å². The first-order valence-electron chi connectivity index (χ1n) is 9.79. The largest absolute Gasteiger partial charge is 0.478 e. The fraction of sp³-hybridized carbons (Fsp3) is 0.174. The monoisotopic (exact) mass is 440 g/mol. The summed E-state index contributed by atoms with van der Waals surface area (Å²) in [5.41, 5.74) is 4.47. The van der Waals surface area contributed by atoms with Crippen molar-refractivity contribution in [3.63, 3.8) is 0 Å². The first-order valence-corrected chi connectivity index (χ1v) is 9.79. The number of anilines is 1. The number of halogens is 3. The average Bonchev–Trinajstić information content (AvgIpc) is 3.21. The van der Waals surface area contributed by atoms with E-state index in [0.29, 0.717) is 28.0 Å². The molecule has 6 nitrogen and oxygen atoms in total. The highest BCUT2D eigenvalue weighted by Gasteiger charge is 2.27. The van der Waals surface area contributed by atoms with E-state index in [1.165, 1.54) is 6.07 Å². The van der Waals surface area contributed by atoms with Crippen LogP contribution in [0.5, 0.6) is 0 Å². The maximum Gasteiger partial charge on any atom is 0.390 e. The van der Waals surface area contributed by atoms with Crippen LogP contribution in [0.15, 0.2) is 61.3 Å². The molecule has 0 fully saturated rings. The Morgan fingerprint density at radius 2 is 1.88 bits per heavy atom. The topological polar surface area (TPSA) is 79.5 Å². The molecule has 0 aliphatic heterocycles. The number of fused-ring (bicyclic) bond motifs is 1. The van der Waals surface area contributed by atoms with Crippen LogP contribution in [-0.2, 0) is 0 Å². The Morgan fingerprint density at radius 3 is 2.53 bits per heavy atom. The maximum atomic E-state index is 12.8. The lowest BCUT2D eigenvalue weighted by molar-refractivity contribution is -0.131. The van der Waals surface area contributed by atoms with E-state index in [-0.39, 0.29) is 12.1 Å². The van der Waals surface area contributed by atoms with Crippen LogP contribution in [0.25, 0.3) is 27.9 Å². The van der Waals surface area contributed by atoms with Crippen LogP contribution < -0.4 is 5.32 Å². The molecule has 0 spiro atoms. The summed E-state index contributed by atoms with van der Waals surface area (Å²) in [7, 11) is 0. The van der Waals surface area contributed by atoms with Gasteiger partial charge in [0.25, 0.3) is 0 Å². The number of hydrogen-bond donors (Lipinski definition) is 2.